The van der Waals surface area contributed by atoms with Crippen molar-refractivity contribution in [1.82, 2.24) is 10.4 Å². The van der Waals surface area contributed by atoms with Crippen LogP contribution in [0.25, 0.3) is 0 Å². The molecule has 2 rings (SSSR count). The summed E-state index contributed by atoms with van der Waals surface area (Å²) in [6, 6.07) is 8.82. The van der Waals surface area contributed by atoms with Gasteiger partial charge >= 0.3 is 0 Å². The van der Waals surface area contributed by atoms with Crippen molar-refractivity contribution >= 4 is 11.3 Å². The van der Waals surface area contributed by atoms with Crippen molar-refractivity contribution in [2.45, 2.75) is 52.5 Å². The standard InChI is InChI=1S/C17H25N3S/c1-11-12(2)21-16(19-11)10-15(20-18)13-6-8-14(9-7-13)17(3,4)5/h6-9,15,20H,10,18H2,1-5H3. The van der Waals surface area contributed by atoms with Gasteiger partial charge in [-0.15, -0.1) is 11.3 Å². The molecule has 1 aromatic heterocycles. The van der Waals surface area contributed by atoms with Crippen LogP contribution in [0.1, 0.15) is 53.5 Å². The van der Waals surface area contributed by atoms with Crippen LogP contribution in [0.4, 0.5) is 0 Å². The monoisotopic (exact) mass is 303 g/mol. The SMILES string of the molecule is Cc1nc(CC(NN)c2ccc(C(C)(C)C)cc2)sc1C. The molecule has 1 atom stereocenters. The number of nitrogens with two attached hydrogens (primary N) is 1. The zero-order chi connectivity index (χ0) is 15.6. The zero-order valence-corrected chi connectivity index (χ0v) is 14.3. The van der Waals surface area contributed by atoms with E-state index in [9.17, 15) is 0 Å². The molecule has 21 heavy (non-hydrogen) atoms. The number of hydrogen-bond donors (Lipinski definition) is 2. The highest BCUT2D eigenvalue weighted by Gasteiger charge is 2.17. The largest absolute Gasteiger partial charge is 0.271 e. The van der Waals surface area contributed by atoms with E-state index in [2.05, 4.69) is 69.3 Å². The predicted molar refractivity (Wildman–Crippen MR) is 90.5 cm³/mol. The Kier molecular flexibility index (Phi) is 4.81. The van der Waals surface area contributed by atoms with Crippen molar-refractivity contribution in [3.05, 3.63) is 51.0 Å². The number of hydrazine groups is 1. The topological polar surface area (TPSA) is 50.9 Å². The molecule has 0 bridgehead atoms. The first kappa shape index (κ1) is 16.1. The molecule has 0 aliphatic heterocycles. The third kappa shape index (κ3) is 3.90. The Morgan fingerprint density at radius 1 is 1.19 bits per heavy atom. The second kappa shape index (κ2) is 6.26. The van der Waals surface area contributed by atoms with E-state index in [4.69, 9.17) is 5.84 Å². The number of nitrogens with zero attached hydrogens (tertiary/aromatic N) is 1. The van der Waals surface area contributed by atoms with Crippen molar-refractivity contribution in [3.8, 4) is 0 Å². The van der Waals surface area contributed by atoms with Crippen LogP contribution in [0.2, 0.25) is 0 Å². The highest BCUT2D eigenvalue weighted by Crippen LogP contribution is 2.26. The summed E-state index contributed by atoms with van der Waals surface area (Å²) in [7, 11) is 0. The summed E-state index contributed by atoms with van der Waals surface area (Å²) >= 11 is 1.75. The maximum absolute atomic E-state index is 5.75. The third-order valence-electron chi connectivity index (χ3n) is 3.83. The van der Waals surface area contributed by atoms with E-state index in [0.29, 0.717) is 0 Å². The summed E-state index contributed by atoms with van der Waals surface area (Å²) in [5.41, 5.74) is 6.75. The zero-order valence-electron chi connectivity index (χ0n) is 13.5. The summed E-state index contributed by atoms with van der Waals surface area (Å²) < 4.78 is 0. The van der Waals surface area contributed by atoms with E-state index in [-0.39, 0.29) is 11.5 Å². The molecular weight excluding hydrogens is 278 g/mol. The van der Waals surface area contributed by atoms with E-state index in [1.54, 1.807) is 11.3 Å². The van der Waals surface area contributed by atoms with Gasteiger partial charge in [-0.1, -0.05) is 45.0 Å². The van der Waals surface area contributed by atoms with Crippen LogP contribution in [0.5, 0.6) is 0 Å². The lowest BCUT2D eigenvalue weighted by molar-refractivity contribution is 0.548. The lowest BCUT2D eigenvalue weighted by Crippen LogP contribution is -2.29. The van der Waals surface area contributed by atoms with Crippen LogP contribution >= 0.6 is 11.3 Å². The summed E-state index contributed by atoms with van der Waals surface area (Å²) in [6.07, 6.45) is 0.824. The Balaban J connectivity index is 2.17. The molecule has 4 heteroatoms. The van der Waals surface area contributed by atoms with Crippen LogP contribution < -0.4 is 11.3 Å². The minimum Gasteiger partial charge on any atom is -0.271 e. The van der Waals surface area contributed by atoms with Crippen LogP contribution in [0.3, 0.4) is 0 Å². The number of thiazole rings is 1. The minimum atomic E-state index is 0.101. The number of aromatic nitrogens is 1. The fourth-order valence-corrected chi connectivity index (χ4v) is 3.27. The van der Waals surface area contributed by atoms with Gasteiger partial charge in [0.15, 0.2) is 0 Å². The Labute approximate surface area is 131 Å². The Bertz CT molecular complexity index is 574. The van der Waals surface area contributed by atoms with Gasteiger partial charge in [-0.25, -0.2) is 4.98 Å². The Hall–Kier alpha value is -1.23. The molecule has 0 aliphatic carbocycles. The third-order valence-corrected chi connectivity index (χ3v) is 4.93. The number of hydrogen-bond acceptors (Lipinski definition) is 4. The molecule has 0 aliphatic rings. The fourth-order valence-electron chi connectivity index (χ4n) is 2.29. The number of aryl methyl sites for hydroxylation is 2. The van der Waals surface area contributed by atoms with Gasteiger partial charge in [0, 0.05) is 11.3 Å². The van der Waals surface area contributed by atoms with Crippen molar-refractivity contribution in [2.24, 2.45) is 5.84 Å². The quantitative estimate of drug-likeness (QED) is 0.667. The van der Waals surface area contributed by atoms with Gasteiger partial charge in [0.25, 0.3) is 0 Å². The van der Waals surface area contributed by atoms with Gasteiger partial charge in [-0.3, -0.25) is 11.3 Å². The first-order chi connectivity index (χ1) is 9.81. The van der Waals surface area contributed by atoms with Gasteiger partial charge in [0.2, 0.25) is 0 Å². The minimum absolute atomic E-state index is 0.101. The first-order valence-electron chi connectivity index (χ1n) is 7.30. The highest BCUT2D eigenvalue weighted by atomic mass is 32.1. The molecule has 2 aromatic rings. The lowest BCUT2D eigenvalue weighted by Gasteiger charge is -2.21. The van der Waals surface area contributed by atoms with E-state index < -0.39 is 0 Å². The molecule has 1 unspecified atom stereocenters. The smallest absolute Gasteiger partial charge is 0.0950 e. The molecule has 114 valence electrons. The summed E-state index contributed by atoms with van der Waals surface area (Å²) in [4.78, 5) is 5.88. The molecule has 1 aromatic carbocycles. The average Bonchev–Trinajstić information content (AvgIpc) is 2.74. The van der Waals surface area contributed by atoms with Gasteiger partial charge < -0.3 is 0 Å². The van der Waals surface area contributed by atoms with Crippen LogP contribution in [0, 0.1) is 13.8 Å². The van der Waals surface area contributed by atoms with E-state index >= 15 is 0 Å². The van der Waals surface area contributed by atoms with Crippen molar-refractivity contribution in [1.29, 1.82) is 0 Å². The second-order valence-electron chi connectivity index (χ2n) is 6.54. The predicted octanol–water partition coefficient (Wildman–Crippen LogP) is 3.80. The molecule has 0 radical (unpaired) electrons. The van der Waals surface area contributed by atoms with Gasteiger partial charge in [0.1, 0.15) is 0 Å². The molecular formula is C17H25N3S. The van der Waals surface area contributed by atoms with Crippen molar-refractivity contribution in [3.63, 3.8) is 0 Å². The van der Waals surface area contributed by atoms with Crippen LogP contribution in [0.15, 0.2) is 24.3 Å². The maximum Gasteiger partial charge on any atom is 0.0950 e. The number of benzene rings is 1. The van der Waals surface area contributed by atoms with Crippen molar-refractivity contribution in [2.75, 3.05) is 0 Å². The van der Waals surface area contributed by atoms with Crippen LogP contribution in [-0.4, -0.2) is 4.98 Å². The van der Waals surface area contributed by atoms with Gasteiger partial charge in [-0.05, 0) is 30.4 Å². The van der Waals surface area contributed by atoms with Gasteiger partial charge in [0.05, 0.1) is 16.7 Å². The molecule has 0 saturated carbocycles. The maximum atomic E-state index is 5.75. The van der Waals surface area contributed by atoms with E-state index in [1.165, 1.54) is 16.0 Å². The average molecular weight is 303 g/mol. The molecule has 1 heterocycles. The highest BCUT2D eigenvalue weighted by molar-refractivity contribution is 7.11. The normalized spacial score (nSPS) is 13.4. The van der Waals surface area contributed by atoms with Crippen LogP contribution in [-0.2, 0) is 11.8 Å². The summed E-state index contributed by atoms with van der Waals surface area (Å²) in [5, 5.41) is 1.13. The second-order valence-corrected chi connectivity index (χ2v) is 7.83. The summed E-state index contributed by atoms with van der Waals surface area (Å²) in [5.74, 6) is 5.75. The molecule has 0 amide bonds. The Morgan fingerprint density at radius 3 is 2.24 bits per heavy atom. The number of rotatable bonds is 4. The molecule has 0 fully saturated rings. The van der Waals surface area contributed by atoms with E-state index in [1.807, 2.05) is 0 Å². The van der Waals surface area contributed by atoms with Crippen molar-refractivity contribution < 1.29 is 0 Å². The van der Waals surface area contributed by atoms with Gasteiger partial charge in [-0.2, -0.15) is 0 Å². The molecule has 0 spiro atoms. The molecule has 3 N–H and O–H groups in total. The Morgan fingerprint density at radius 2 is 1.81 bits per heavy atom. The lowest BCUT2D eigenvalue weighted by atomic mass is 9.86. The number of nitrogens with one attached hydrogen (secondary N) is 1. The summed E-state index contributed by atoms with van der Waals surface area (Å²) in [6.45, 7) is 10.8. The molecule has 0 saturated heterocycles. The molecule has 3 nitrogen and oxygen atoms in total. The first-order valence-corrected chi connectivity index (χ1v) is 8.12. The fraction of sp³-hybridized carbons (Fsp3) is 0.471. The van der Waals surface area contributed by atoms with E-state index in [0.717, 1.165) is 17.1 Å².